The quantitative estimate of drug-likeness (QED) is 0.604. The molecule has 1 N–H and O–H groups in total. The van der Waals surface area contributed by atoms with Gasteiger partial charge in [0.2, 0.25) is 0 Å². The first kappa shape index (κ1) is 15.0. The van der Waals surface area contributed by atoms with Crippen molar-refractivity contribution < 1.29 is 0 Å². The molecule has 0 aromatic carbocycles. The molecule has 0 aliphatic carbocycles. The highest BCUT2D eigenvalue weighted by atomic mass is 14.9. The molecule has 0 saturated carbocycles. The average Bonchev–Trinajstić information content (AvgIpc) is 2.18. The van der Waals surface area contributed by atoms with Gasteiger partial charge in [-0.3, -0.25) is 0 Å². The summed E-state index contributed by atoms with van der Waals surface area (Å²) in [6.45, 7) is 12.7. The molecule has 1 unspecified atom stereocenters. The number of rotatable bonds is 9. The monoisotopic (exact) mass is 213 g/mol. The molecule has 0 saturated heterocycles. The minimum Gasteiger partial charge on any atom is -0.313 e. The zero-order valence-electron chi connectivity index (χ0n) is 11.5. The summed E-state index contributed by atoms with van der Waals surface area (Å²) in [7, 11) is 0. The lowest BCUT2D eigenvalue weighted by Gasteiger charge is -2.31. The van der Waals surface area contributed by atoms with Crippen LogP contribution in [-0.2, 0) is 0 Å². The number of hydrogen-bond donors (Lipinski definition) is 1. The first-order valence-corrected chi connectivity index (χ1v) is 6.90. The minimum atomic E-state index is 0.727. The molecule has 0 radical (unpaired) electrons. The topological polar surface area (TPSA) is 12.0 Å². The Kier molecular flexibility index (Phi) is 9.18. The zero-order valence-corrected chi connectivity index (χ0v) is 11.5. The molecule has 0 rings (SSSR count). The molecule has 0 aliphatic rings. The van der Waals surface area contributed by atoms with Crippen LogP contribution in [0.5, 0.6) is 0 Å². The van der Waals surface area contributed by atoms with E-state index in [1.807, 2.05) is 0 Å². The van der Waals surface area contributed by atoms with Crippen LogP contribution < -0.4 is 5.32 Å². The van der Waals surface area contributed by atoms with Gasteiger partial charge in [0, 0.05) is 6.04 Å². The zero-order chi connectivity index (χ0) is 11.7. The van der Waals surface area contributed by atoms with Gasteiger partial charge in [-0.05, 0) is 37.6 Å². The third-order valence-electron chi connectivity index (χ3n) is 3.18. The lowest BCUT2D eigenvalue weighted by molar-refractivity contribution is 0.253. The Morgan fingerprint density at radius 1 is 0.867 bits per heavy atom. The summed E-state index contributed by atoms with van der Waals surface area (Å²) in [5.74, 6) is 1.64. The van der Waals surface area contributed by atoms with Gasteiger partial charge in [0.1, 0.15) is 0 Å². The first-order chi connectivity index (χ1) is 7.17. The number of nitrogens with one attached hydrogen (secondary N) is 1. The van der Waals surface area contributed by atoms with Crippen LogP contribution >= 0.6 is 0 Å². The summed E-state index contributed by atoms with van der Waals surface area (Å²) < 4.78 is 0. The van der Waals surface area contributed by atoms with E-state index in [9.17, 15) is 0 Å². The van der Waals surface area contributed by atoms with Crippen LogP contribution in [-0.4, -0.2) is 12.6 Å². The van der Waals surface area contributed by atoms with Gasteiger partial charge in [-0.1, -0.05) is 47.5 Å². The van der Waals surface area contributed by atoms with Gasteiger partial charge in [0.25, 0.3) is 0 Å². The molecule has 1 atom stereocenters. The van der Waals surface area contributed by atoms with Gasteiger partial charge < -0.3 is 5.32 Å². The van der Waals surface area contributed by atoms with E-state index in [0.717, 1.165) is 17.9 Å². The average molecular weight is 213 g/mol. The van der Waals surface area contributed by atoms with Crippen molar-refractivity contribution in [1.29, 1.82) is 0 Å². The van der Waals surface area contributed by atoms with Crippen LogP contribution in [0, 0.1) is 11.8 Å². The fraction of sp³-hybridized carbons (Fsp3) is 1.00. The Bertz CT molecular complexity index is 125. The summed E-state index contributed by atoms with van der Waals surface area (Å²) in [6, 6.07) is 0.727. The molecule has 0 aliphatic heterocycles. The third kappa shape index (κ3) is 6.19. The molecule has 0 aromatic rings. The molecule has 1 heteroatoms. The molecule has 0 aromatic heterocycles. The molecule has 0 amide bonds. The molecule has 0 heterocycles. The van der Waals surface area contributed by atoms with E-state index in [0.29, 0.717) is 0 Å². The standard InChI is InChI=1S/C14H31N/c1-6-9-13(10-7-2)14(12(4)5)15-11-8-3/h12-15H,6-11H2,1-5H3. The van der Waals surface area contributed by atoms with Crippen molar-refractivity contribution in [3.63, 3.8) is 0 Å². The van der Waals surface area contributed by atoms with Crippen LogP contribution in [0.1, 0.15) is 66.7 Å². The van der Waals surface area contributed by atoms with Crippen LogP contribution in [0.3, 0.4) is 0 Å². The van der Waals surface area contributed by atoms with Gasteiger partial charge in [-0.15, -0.1) is 0 Å². The van der Waals surface area contributed by atoms with Gasteiger partial charge in [0.15, 0.2) is 0 Å². The summed E-state index contributed by atoms with van der Waals surface area (Å²) in [5.41, 5.74) is 0. The molecule has 0 bridgehead atoms. The summed E-state index contributed by atoms with van der Waals surface area (Å²) in [5, 5.41) is 3.74. The van der Waals surface area contributed by atoms with Crippen molar-refractivity contribution in [3.8, 4) is 0 Å². The van der Waals surface area contributed by atoms with Crippen molar-refractivity contribution in [1.82, 2.24) is 5.32 Å². The molecule has 0 spiro atoms. The van der Waals surface area contributed by atoms with Crippen LogP contribution in [0.4, 0.5) is 0 Å². The molecular weight excluding hydrogens is 182 g/mol. The van der Waals surface area contributed by atoms with E-state index in [1.54, 1.807) is 0 Å². The summed E-state index contributed by atoms with van der Waals surface area (Å²) in [4.78, 5) is 0. The highest BCUT2D eigenvalue weighted by Crippen LogP contribution is 2.22. The highest BCUT2D eigenvalue weighted by molar-refractivity contribution is 4.78. The van der Waals surface area contributed by atoms with E-state index in [2.05, 4.69) is 39.9 Å². The second-order valence-electron chi connectivity index (χ2n) is 5.06. The van der Waals surface area contributed by atoms with Gasteiger partial charge in [-0.2, -0.15) is 0 Å². The second kappa shape index (κ2) is 9.21. The van der Waals surface area contributed by atoms with Crippen LogP contribution in [0.25, 0.3) is 0 Å². The fourth-order valence-electron chi connectivity index (χ4n) is 2.50. The SMILES string of the molecule is CCCNC(C(C)C)C(CCC)CCC. The Balaban J connectivity index is 4.23. The van der Waals surface area contributed by atoms with E-state index in [-0.39, 0.29) is 0 Å². The normalized spacial score (nSPS) is 13.8. The van der Waals surface area contributed by atoms with Crippen molar-refractivity contribution in [2.24, 2.45) is 11.8 Å². The van der Waals surface area contributed by atoms with Gasteiger partial charge >= 0.3 is 0 Å². The summed E-state index contributed by atoms with van der Waals surface area (Å²) in [6.07, 6.45) is 6.65. The van der Waals surface area contributed by atoms with E-state index < -0.39 is 0 Å². The number of hydrogen-bond acceptors (Lipinski definition) is 1. The Morgan fingerprint density at radius 2 is 1.40 bits per heavy atom. The van der Waals surface area contributed by atoms with Crippen LogP contribution in [0.2, 0.25) is 0 Å². The molecule has 15 heavy (non-hydrogen) atoms. The van der Waals surface area contributed by atoms with E-state index >= 15 is 0 Å². The van der Waals surface area contributed by atoms with Crippen molar-refractivity contribution in [2.45, 2.75) is 72.8 Å². The largest absolute Gasteiger partial charge is 0.313 e. The third-order valence-corrected chi connectivity index (χ3v) is 3.18. The first-order valence-electron chi connectivity index (χ1n) is 6.90. The Hall–Kier alpha value is -0.0400. The fourth-order valence-corrected chi connectivity index (χ4v) is 2.50. The minimum absolute atomic E-state index is 0.727. The molecular formula is C14H31N. The molecule has 1 nitrogen and oxygen atoms in total. The van der Waals surface area contributed by atoms with Crippen molar-refractivity contribution >= 4 is 0 Å². The highest BCUT2D eigenvalue weighted by Gasteiger charge is 2.22. The van der Waals surface area contributed by atoms with Gasteiger partial charge in [0.05, 0.1) is 0 Å². The predicted octanol–water partition coefficient (Wildman–Crippen LogP) is 4.23. The van der Waals surface area contributed by atoms with Crippen LogP contribution in [0.15, 0.2) is 0 Å². The maximum Gasteiger partial charge on any atom is 0.0118 e. The lowest BCUT2D eigenvalue weighted by Crippen LogP contribution is -2.40. The maximum absolute atomic E-state index is 3.74. The molecule has 0 fully saturated rings. The van der Waals surface area contributed by atoms with Crippen molar-refractivity contribution in [3.05, 3.63) is 0 Å². The Morgan fingerprint density at radius 3 is 1.73 bits per heavy atom. The predicted molar refractivity (Wildman–Crippen MR) is 70.2 cm³/mol. The molecule has 92 valence electrons. The Labute approximate surface area is 97.0 Å². The summed E-state index contributed by atoms with van der Waals surface area (Å²) >= 11 is 0. The lowest BCUT2D eigenvalue weighted by atomic mass is 9.84. The maximum atomic E-state index is 3.74. The second-order valence-corrected chi connectivity index (χ2v) is 5.06. The van der Waals surface area contributed by atoms with Gasteiger partial charge in [-0.25, -0.2) is 0 Å². The van der Waals surface area contributed by atoms with Crippen molar-refractivity contribution in [2.75, 3.05) is 6.54 Å². The van der Waals surface area contributed by atoms with E-state index in [4.69, 9.17) is 0 Å². The van der Waals surface area contributed by atoms with E-state index in [1.165, 1.54) is 38.6 Å². The smallest absolute Gasteiger partial charge is 0.0118 e.